The number of aromatic nitrogens is 1. The van der Waals surface area contributed by atoms with E-state index < -0.39 is 58.2 Å². The van der Waals surface area contributed by atoms with Crippen molar-refractivity contribution in [2.75, 3.05) is 13.1 Å². The first-order valence-electron chi connectivity index (χ1n) is 13.4. The molecule has 3 heterocycles. The molecule has 3 atom stereocenters. The third kappa shape index (κ3) is 5.95. The van der Waals surface area contributed by atoms with E-state index in [4.69, 9.17) is 9.47 Å². The van der Waals surface area contributed by atoms with Gasteiger partial charge < -0.3 is 14.4 Å². The van der Waals surface area contributed by atoms with Crippen molar-refractivity contribution in [3.63, 3.8) is 0 Å². The van der Waals surface area contributed by atoms with Crippen molar-refractivity contribution in [2.45, 2.75) is 91.1 Å². The van der Waals surface area contributed by atoms with Crippen LogP contribution in [0.1, 0.15) is 77.6 Å². The Labute approximate surface area is 231 Å². The molecule has 1 aromatic rings. The summed E-state index contributed by atoms with van der Waals surface area (Å²) in [5.74, 6) is -2.62. The second-order valence-electron chi connectivity index (χ2n) is 13.0. The van der Waals surface area contributed by atoms with Gasteiger partial charge in [-0.25, -0.2) is 9.69 Å². The molecule has 3 amide bonds. The summed E-state index contributed by atoms with van der Waals surface area (Å²) in [7, 11) is 0. The molecule has 0 N–H and O–H groups in total. The van der Waals surface area contributed by atoms with Gasteiger partial charge in [0.05, 0.1) is 5.56 Å². The zero-order valence-corrected chi connectivity index (χ0v) is 23.7. The fourth-order valence-electron chi connectivity index (χ4n) is 5.98. The predicted molar refractivity (Wildman–Crippen MR) is 135 cm³/mol. The van der Waals surface area contributed by atoms with Gasteiger partial charge in [-0.1, -0.05) is 0 Å². The number of esters is 1. The molecule has 1 aromatic heterocycles. The van der Waals surface area contributed by atoms with E-state index in [1.807, 2.05) is 0 Å². The molecule has 12 heteroatoms. The Hall–Kier alpha value is -3.18. The van der Waals surface area contributed by atoms with Gasteiger partial charge in [0.2, 0.25) is 11.8 Å². The van der Waals surface area contributed by atoms with Crippen LogP contribution in [0, 0.1) is 17.3 Å². The highest BCUT2D eigenvalue weighted by Gasteiger charge is 2.66. The lowest BCUT2D eigenvalue weighted by molar-refractivity contribution is -0.158. The summed E-state index contributed by atoms with van der Waals surface area (Å²) in [5, 5.41) is 0. The highest BCUT2D eigenvalue weighted by atomic mass is 19.4. The number of alkyl halides is 3. The van der Waals surface area contributed by atoms with Crippen LogP contribution in [0.4, 0.5) is 18.0 Å². The summed E-state index contributed by atoms with van der Waals surface area (Å²) >= 11 is 0. The molecule has 9 nitrogen and oxygen atoms in total. The van der Waals surface area contributed by atoms with Crippen LogP contribution in [0.2, 0.25) is 0 Å². The Balaban J connectivity index is 1.62. The molecular weight excluding hydrogens is 531 g/mol. The van der Waals surface area contributed by atoms with Crippen LogP contribution >= 0.6 is 0 Å². The molecule has 0 radical (unpaired) electrons. The molecule has 1 saturated carbocycles. The van der Waals surface area contributed by atoms with Crippen LogP contribution in [0.3, 0.4) is 0 Å². The van der Waals surface area contributed by atoms with Crippen LogP contribution in [0.5, 0.6) is 0 Å². The number of carbonyl (C=O) groups excluding carboxylic acids is 4. The first-order chi connectivity index (χ1) is 18.3. The smallest absolute Gasteiger partial charge is 0.417 e. The quantitative estimate of drug-likeness (QED) is 0.391. The maximum Gasteiger partial charge on any atom is 0.417 e. The molecular formula is C28H36F3N3O6. The number of likely N-dealkylation sites (tertiary alicyclic amines) is 1. The summed E-state index contributed by atoms with van der Waals surface area (Å²) in [6.45, 7) is 10.2. The van der Waals surface area contributed by atoms with E-state index in [0.29, 0.717) is 12.1 Å². The van der Waals surface area contributed by atoms with E-state index in [-0.39, 0.29) is 50.4 Å². The molecule has 1 aliphatic carbocycles. The minimum absolute atomic E-state index is 0.00418. The number of hydrogen-bond acceptors (Lipinski definition) is 7. The monoisotopic (exact) mass is 567 g/mol. The van der Waals surface area contributed by atoms with Gasteiger partial charge in [-0.15, -0.1) is 0 Å². The minimum atomic E-state index is -4.59. The fraction of sp³-hybridized carbons (Fsp3) is 0.679. The van der Waals surface area contributed by atoms with Crippen molar-refractivity contribution in [1.82, 2.24) is 14.8 Å². The zero-order chi connectivity index (χ0) is 29.8. The number of hydrogen-bond donors (Lipinski definition) is 0. The van der Waals surface area contributed by atoms with E-state index in [1.54, 1.807) is 41.5 Å². The van der Waals surface area contributed by atoms with Gasteiger partial charge in [0.25, 0.3) is 0 Å². The Morgan fingerprint density at radius 3 is 2.33 bits per heavy atom. The van der Waals surface area contributed by atoms with Gasteiger partial charge in [0, 0.05) is 50.3 Å². The summed E-state index contributed by atoms with van der Waals surface area (Å²) in [4.78, 5) is 59.9. The Bertz CT molecular complexity index is 1220. The average Bonchev–Trinajstić information content (AvgIpc) is 3.28. The number of rotatable bonds is 3. The van der Waals surface area contributed by atoms with Crippen molar-refractivity contribution in [2.24, 2.45) is 17.3 Å². The normalized spacial score (nSPS) is 25.0. The lowest BCUT2D eigenvalue weighted by atomic mass is 9.77. The van der Waals surface area contributed by atoms with Crippen molar-refractivity contribution in [3.05, 3.63) is 29.1 Å². The molecule has 0 spiro atoms. The topological polar surface area (TPSA) is 106 Å². The van der Waals surface area contributed by atoms with E-state index in [1.165, 1.54) is 4.90 Å². The lowest BCUT2D eigenvalue weighted by Crippen LogP contribution is -2.52. The molecule has 2 fully saturated rings. The second kappa shape index (κ2) is 10.0. The minimum Gasteiger partial charge on any atom is -0.460 e. The standard InChI is InChI=1S/C28H36F3N3O6/c1-25(2,3)39-21(35)10-16-9-19-15-34(24(38)40-26(4,5)6)23(37)27(19,12-16)22(36)33-8-7-20-17(14-33)11-18(13-32-20)28(29,30)31/h11,13,16,19H,7-10,12,14-15H2,1-6H3/t16-,19-,27-/m0/s1. The van der Waals surface area contributed by atoms with Gasteiger partial charge in [-0.3, -0.25) is 19.4 Å². The van der Waals surface area contributed by atoms with Crippen molar-refractivity contribution >= 4 is 23.9 Å². The number of fused-ring (bicyclic) bond motifs is 2. The number of carbonyl (C=O) groups is 4. The van der Waals surface area contributed by atoms with Gasteiger partial charge in [0.15, 0.2) is 0 Å². The summed E-state index contributed by atoms with van der Waals surface area (Å²) in [6, 6.07) is 0.986. The van der Waals surface area contributed by atoms with Gasteiger partial charge in [-0.2, -0.15) is 13.2 Å². The lowest BCUT2D eigenvalue weighted by Gasteiger charge is -2.36. The van der Waals surface area contributed by atoms with Crippen LogP contribution in [0.15, 0.2) is 12.3 Å². The number of pyridine rings is 1. The maximum absolute atomic E-state index is 14.2. The third-order valence-electron chi connectivity index (χ3n) is 7.48. The first kappa shape index (κ1) is 29.8. The van der Waals surface area contributed by atoms with Crippen molar-refractivity contribution in [3.8, 4) is 0 Å². The molecule has 0 bridgehead atoms. The SMILES string of the molecule is CC(C)(C)OC(=O)C[C@@H]1C[C@H]2CN(C(=O)OC(C)(C)C)C(=O)[C@@]2(C(=O)N2CCc3ncc(C(F)(F)F)cc3C2)C1. The van der Waals surface area contributed by atoms with Crippen LogP contribution < -0.4 is 0 Å². The van der Waals surface area contributed by atoms with E-state index >= 15 is 0 Å². The summed E-state index contributed by atoms with van der Waals surface area (Å²) in [6.07, 6.45) is -4.07. The van der Waals surface area contributed by atoms with Crippen LogP contribution in [-0.2, 0) is 43.0 Å². The maximum atomic E-state index is 14.2. The van der Waals surface area contributed by atoms with E-state index in [9.17, 15) is 32.3 Å². The third-order valence-corrected chi connectivity index (χ3v) is 7.48. The largest absolute Gasteiger partial charge is 0.460 e. The Morgan fingerprint density at radius 1 is 1.07 bits per heavy atom. The van der Waals surface area contributed by atoms with E-state index in [0.717, 1.165) is 17.2 Å². The van der Waals surface area contributed by atoms with Gasteiger partial charge >= 0.3 is 18.2 Å². The van der Waals surface area contributed by atoms with Gasteiger partial charge in [0.1, 0.15) is 16.6 Å². The highest BCUT2D eigenvalue weighted by Crippen LogP contribution is 2.54. The molecule has 220 valence electrons. The van der Waals surface area contributed by atoms with Crippen molar-refractivity contribution in [1.29, 1.82) is 0 Å². The van der Waals surface area contributed by atoms with E-state index in [2.05, 4.69) is 4.98 Å². The number of ether oxygens (including phenoxy) is 2. The van der Waals surface area contributed by atoms with Crippen LogP contribution in [0.25, 0.3) is 0 Å². The molecule has 2 aliphatic heterocycles. The first-order valence-corrected chi connectivity index (χ1v) is 13.4. The molecule has 4 rings (SSSR count). The average molecular weight is 568 g/mol. The molecule has 1 saturated heterocycles. The second-order valence-corrected chi connectivity index (χ2v) is 13.0. The Morgan fingerprint density at radius 2 is 1.73 bits per heavy atom. The van der Waals surface area contributed by atoms with Crippen LogP contribution in [-0.4, -0.2) is 63.0 Å². The molecule has 3 aliphatic rings. The molecule has 40 heavy (non-hydrogen) atoms. The number of halogens is 3. The van der Waals surface area contributed by atoms with Gasteiger partial charge in [-0.05, 0) is 71.9 Å². The number of nitrogens with zero attached hydrogens (tertiary/aromatic N) is 3. The number of imide groups is 1. The zero-order valence-electron chi connectivity index (χ0n) is 23.7. The fourth-order valence-corrected chi connectivity index (χ4v) is 5.98. The molecule has 0 unspecified atom stereocenters. The molecule has 0 aromatic carbocycles. The Kier molecular flexibility index (Phi) is 7.47. The predicted octanol–water partition coefficient (Wildman–Crippen LogP) is 4.51. The highest BCUT2D eigenvalue weighted by molar-refractivity contribution is 6.11. The summed E-state index contributed by atoms with van der Waals surface area (Å²) < 4.78 is 50.8. The number of amides is 3. The van der Waals surface area contributed by atoms with Crippen molar-refractivity contribution < 1.29 is 41.8 Å². The summed E-state index contributed by atoms with van der Waals surface area (Å²) in [5.41, 5.74) is -3.38.